The molecule has 1 aliphatic heterocycles. The van der Waals surface area contributed by atoms with Gasteiger partial charge in [0, 0.05) is 19.1 Å². The molecule has 1 fully saturated rings. The van der Waals surface area contributed by atoms with E-state index >= 15 is 0 Å². The average Bonchev–Trinajstić information content (AvgIpc) is 2.32. The Morgan fingerprint density at radius 1 is 1.38 bits per heavy atom. The highest BCUT2D eigenvalue weighted by atomic mass is 15.2. The first-order valence-electron chi connectivity index (χ1n) is 6.12. The van der Waals surface area contributed by atoms with Crippen LogP contribution < -0.4 is 10.6 Å². The van der Waals surface area contributed by atoms with Crippen molar-refractivity contribution in [2.45, 2.75) is 39.3 Å². The molecule has 0 spiro atoms. The number of rotatable bonds is 2. The van der Waals surface area contributed by atoms with Gasteiger partial charge in [0.05, 0.1) is 17.6 Å². The first kappa shape index (κ1) is 11.4. The Morgan fingerprint density at radius 3 is 2.81 bits per heavy atom. The van der Waals surface area contributed by atoms with Crippen molar-refractivity contribution in [2.24, 2.45) is 11.7 Å². The van der Waals surface area contributed by atoms with Crippen LogP contribution in [-0.4, -0.2) is 17.6 Å². The predicted octanol–water partition coefficient (Wildman–Crippen LogP) is 2.17. The number of hydrogen-bond acceptors (Lipinski definition) is 3. The van der Waals surface area contributed by atoms with Crippen LogP contribution in [0, 0.1) is 5.92 Å². The Morgan fingerprint density at radius 2 is 2.19 bits per heavy atom. The number of pyridine rings is 1. The van der Waals surface area contributed by atoms with E-state index < -0.39 is 0 Å². The Kier molecular flexibility index (Phi) is 3.44. The Hall–Kier alpha value is -1.09. The molecule has 3 heteroatoms. The van der Waals surface area contributed by atoms with Crippen molar-refractivity contribution in [1.29, 1.82) is 0 Å². The lowest BCUT2D eigenvalue weighted by atomic mass is 9.95. The van der Waals surface area contributed by atoms with Gasteiger partial charge in [0.15, 0.2) is 0 Å². The summed E-state index contributed by atoms with van der Waals surface area (Å²) in [6.45, 7) is 6.28. The minimum Gasteiger partial charge on any atom is -0.367 e. The summed E-state index contributed by atoms with van der Waals surface area (Å²) < 4.78 is 0. The molecule has 0 bridgehead atoms. The number of nitrogens with two attached hydrogens (primary N) is 1. The van der Waals surface area contributed by atoms with Gasteiger partial charge in [-0.3, -0.25) is 4.98 Å². The fraction of sp³-hybridized carbons (Fsp3) is 0.615. The van der Waals surface area contributed by atoms with E-state index in [9.17, 15) is 0 Å². The Balaban J connectivity index is 2.15. The van der Waals surface area contributed by atoms with Crippen LogP contribution in [-0.2, 0) is 6.54 Å². The van der Waals surface area contributed by atoms with E-state index in [0.29, 0.717) is 12.6 Å². The highest BCUT2D eigenvalue weighted by Gasteiger charge is 2.22. The fourth-order valence-corrected chi connectivity index (χ4v) is 2.36. The molecular formula is C13H21N3. The zero-order valence-corrected chi connectivity index (χ0v) is 10.2. The molecule has 16 heavy (non-hydrogen) atoms. The molecule has 2 unspecified atom stereocenters. The van der Waals surface area contributed by atoms with Crippen LogP contribution in [0.4, 0.5) is 5.69 Å². The molecule has 1 saturated heterocycles. The van der Waals surface area contributed by atoms with Crippen molar-refractivity contribution in [2.75, 3.05) is 11.4 Å². The van der Waals surface area contributed by atoms with Gasteiger partial charge in [0.2, 0.25) is 0 Å². The topological polar surface area (TPSA) is 42.1 Å². The van der Waals surface area contributed by atoms with Crippen LogP contribution in [0.3, 0.4) is 0 Å². The van der Waals surface area contributed by atoms with Gasteiger partial charge >= 0.3 is 0 Å². The Labute approximate surface area is 97.7 Å². The molecule has 3 nitrogen and oxygen atoms in total. The van der Waals surface area contributed by atoms with Crippen molar-refractivity contribution >= 4 is 5.69 Å². The maximum Gasteiger partial charge on any atom is 0.0555 e. The third kappa shape index (κ3) is 2.35. The molecule has 1 aromatic heterocycles. The number of anilines is 1. The van der Waals surface area contributed by atoms with E-state index in [2.05, 4.69) is 29.8 Å². The molecule has 2 atom stereocenters. The third-order valence-corrected chi connectivity index (χ3v) is 3.47. The second kappa shape index (κ2) is 4.83. The van der Waals surface area contributed by atoms with E-state index in [4.69, 9.17) is 5.73 Å². The van der Waals surface area contributed by atoms with E-state index in [1.165, 1.54) is 18.5 Å². The van der Waals surface area contributed by atoms with Crippen LogP contribution in [0.1, 0.15) is 32.4 Å². The van der Waals surface area contributed by atoms with Gasteiger partial charge in [-0.15, -0.1) is 0 Å². The quantitative estimate of drug-likeness (QED) is 0.829. The van der Waals surface area contributed by atoms with Gasteiger partial charge < -0.3 is 10.6 Å². The highest BCUT2D eigenvalue weighted by molar-refractivity contribution is 5.46. The standard InChI is InChI=1S/C13H21N3/c1-10-3-4-11(2)16(9-10)13-6-5-12(7-14)15-8-13/h5-6,8,10-11H,3-4,7,9,14H2,1-2H3. The van der Waals surface area contributed by atoms with E-state index in [1.807, 2.05) is 12.3 Å². The van der Waals surface area contributed by atoms with Gasteiger partial charge in [-0.05, 0) is 37.8 Å². The normalized spacial score (nSPS) is 25.8. The molecule has 88 valence electrons. The molecule has 1 aromatic rings. The largest absolute Gasteiger partial charge is 0.367 e. The lowest BCUT2D eigenvalue weighted by Crippen LogP contribution is -2.41. The Bertz CT molecular complexity index is 334. The lowest BCUT2D eigenvalue weighted by Gasteiger charge is -2.38. The minimum absolute atomic E-state index is 0.520. The molecule has 2 rings (SSSR count). The van der Waals surface area contributed by atoms with Crippen LogP contribution in [0.5, 0.6) is 0 Å². The van der Waals surface area contributed by atoms with Crippen molar-refractivity contribution in [1.82, 2.24) is 4.98 Å². The molecule has 0 aromatic carbocycles. The van der Waals surface area contributed by atoms with Crippen LogP contribution in [0.15, 0.2) is 18.3 Å². The first-order valence-corrected chi connectivity index (χ1v) is 6.12. The number of nitrogens with zero attached hydrogens (tertiary/aromatic N) is 2. The monoisotopic (exact) mass is 219 g/mol. The van der Waals surface area contributed by atoms with E-state index in [0.717, 1.165) is 18.2 Å². The molecule has 2 heterocycles. The highest BCUT2D eigenvalue weighted by Crippen LogP contribution is 2.26. The van der Waals surface area contributed by atoms with Gasteiger partial charge in [-0.2, -0.15) is 0 Å². The summed E-state index contributed by atoms with van der Waals surface area (Å²) in [7, 11) is 0. The summed E-state index contributed by atoms with van der Waals surface area (Å²) in [6.07, 6.45) is 4.57. The van der Waals surface area contributed by atoms with Gasteiger partial charge in [0.1, 0.15) is 0 Å². The molecular weight excluding hydrogens is 198 g/mol. The van der Waals surface area contributed by atoms with Crippen molar-refractivity contribution in [3.63, 3.8) is 0 Å². The molecule has 0 saturated carbocycles. The minimum atomic E-state index is 0.520. The average molecular weight is 219 g/mol. The third-order valence-electron chi connectivity index (χ3n) is 3.47. The number of aromatic nitrogens is 1. The van der Waals surface area contributed by atoms with Crippen LogP contribution in [0.25, 0.3) is 0 Å². The number of hydrogen-bond donors (Lipinski definition) is 1. The molecule has 1 aliphatic rings. The maximum atomic E-state index is 5.55. The number of piperidine rings is 1. The summed E-state index contributed by atoms with van der Waals surface area (Å²) >= 11 is 0. The second-order valence-corrected chi connectivity index (χ2v) is 4.90. The predicted molar refractivity (Wildman–Crippen MR) is 67.3 cm³/mol. The molecule has 0 aliphatic carbocycles. The fourth-order valence-electron chi connectivity index (χ4n) is 2.36. The van der Waals surface area contributed by atoms with Crippen LogP contribution in [0.2, 0.25) is 0 Å². The molecule has 0 radical (unpaired) electrons. The second-order valence-electron chi connectivity index (χ2n) is 4.90. The van der Waals surface area contributed by atoms with Crippen molar-refractivity contribution in [3.05, 3.63) is 24.0 Å². The first-order chi connectivity index (χ1) is 7.70. The van der Waals surface area contributed by atoms with Crippen molar-refractivity contribution < 1.29 is 0 Å². The van der Waals surface area contributed by atoms with E-state index in [1.54, 1.807) is 0 Å². The molecule has 0 amide bonds. The van der Waals surface area contributed by atoms with Gasteiger partial charge in [-0.25, -0.2) is 0 Å². The molecule has 2 N–H and O–H groups in total. The summed E-state index contributed by atoms with van der Waals surface area (Å²) in [5, 5.41) is 0. The zero-order chi connectivity index (χ0) is 11.5. The van der Waals surface area contributed by atoms with Crippen LogP contribution >= 0.6 is 0 Å². The smallest absolute Gasteiger partial charge is 0.0555 e. The van der Waals surface area contributed by atoms with Gasteiger partial charge in [0.25, 0.3) is 0 Å². The van der Waals surface area contributed by atoms with Crippen molar-refractivity contribution in [3.8, 4) is 0 Å². The summed E-state index contributed by atoms with van der Waals surface area (Å²) in [4.78, 5) is 6.82. The summed E-state index contributed by atoms with van der Waals surface area (Å²) in [5.41, 5.74) is 7.74. The SMILES string of the molecule is CC1CCC(C)N(c2ccc(CN)nc2)C1. The van der Waals surface area contributed by atoms with Gasteiger partial charge in [-0.1, -0.05) is 6.92 Å². The lowest BCUT2D eigenvalue weighted by molar-refractivity contribution is 0.390. The van der Waals surface area contributed by atoms with E-state index in [-0.39, 0.29) is 0 Å². The summed E-state index contributed by atoms with van der Waals surface area (Å²) in [6, 6.07) is 4.80. The maximum absolute atomic E-state index is 5.55. The zero-order valence-electron chi connectivity index (χ0n) is 10.2. The summed E-state index contributed by atoms with van der Waals surface area (Å²) in [5.74, 6) is 0.783.